The maximum atomic E-state index is 12.8. The minimum Gasteiger partial charge on any atom is -0.481 e. The molecule has 2 aromatic carbocycles. The predicted molar refractivity (Wildman–Crippen MR) is 242 cm³/mol. The van der Waals surface area contributed by atoms with Gasteiger partial charge in [-0.25, -0.2) is 9.97 Å². The number of nitrogens with one attached hydrogen (secondary N) is 2. The number of fused-ring (bicyclic) bond motifs is 6. The van der Waals surface area contributed by atoms with Gasteiger partial charge in [-0.3, -0.25) is 9.59 Å². The molecule has 0 amide bonds. The zero-order valence-electron chi connectivity index (χ0n) is 34.1. The SMILES string of the molecule is COCCc1cc2c(s1)c(=O)[nH]c1c(C)nc(OC)c(-c3ccc(C(C)CN)cc3)c12.COc1nc(C)c2[nH]c(=O)c3sccc3c2c1-c1ccc(C2(CN)CC2)cc1. The van der Waals surface area contributed by atoms with Gasteiger partial charge in [0.05, 0.1) is 54.4 Å². The first-order valence-corrected chi connectivity index (χ1v) is 21.4. The Bertz CT molecular complexity index is 2960. The van der Waals surface area contributed by atoms with Gasteiger partial charge in [0.2, 0.25) is 11.8 Å². The molecule has 1 aliphatic rings. The van der Waals surface area contributed by atoms with E-state index in [0.717, 1.165) is 95.1 Å². The van der Waals surface area contributed by atoms with Crippen LogP contribution >= 0.6 is 22.7 Å². The standard InChI is InChI=1S/C24H27N3O3S.C22H21N3O2S/c1-13(12-25)15-5-7-16(8-6-15)19-20-18-11-17(9-10-29-3)31-22(18)23(28)27-21(20)14(2)26-24(19)30-4;1-12-18-17(15-7-10-28-19(15)20(26)25-18)16(21(24-12)27-2)13-3-5-14(6-4-13)22(11-23)8-9-22/h5-8,11,13H,9-10,12,25H2,1-4H3,(H,27,28);3-7,10H,8-9,11,23H2,1-2H3,(H,25,26). The Kier molecular flexibility index (Phi) is 11.2. The first-order valence-electron chi connectivity index (χ1n) is 19.7. The summed E-state index contributed by atoms with van der Waals surface area (Å²) >= 11 is 2.96. The molecule has 13 heteroatoms. The first-order chi connectivity index (χ1) is 28.6. The molecule has 0 radical (unpaired) electrons. The molecule has 0 saturated heterocycles. The van der Waals surface area contributed by atoms with Crippen LogP contribution < -0.4 is 32.1 Å². The van der Waals surface area contributed by atoms with Crippen molar-refractivity contribution in [1.29, 1.82) is 0 Å². The second-order valence-electron chi connectivity index (χ2n) is 15.3. The van der Waals surface area contributed by atoms with Crippen LogP contribution in [0.2, 0.25) is 0 Å². The van der Waals surface area contributed by atoms with Crippen molar-refractivity contribution in [3.63, 3.8) is 0 Å². The van der Waals surface area contributed by atoms with Crippen LogP contribution in [0, 0.1) is 13.8 Å². The fraction of sp³-hybridized carbons (Fsp3) is 0.304. The Morgan fingerprint density at radius 2 is 1.34 bits per heavy atom. The number of aryl methyl sites for hydroxylation is 2. The number of ether oxygens (including phenoxy) is 3. The van der Waals surface area contributed by atoms with E-state index < -0.39 is 0 Å². The van der Waals surface area contributed by atoms with E-state index in [0.29, 0.717) is 36.2 Å². The number of hydrogen-bond acceptors (Lipinski definition) is 11. The maximum absolute atomic E-state index is 12.8. The van der Waals surface area contributed by atoms with Gasteiger partial charge >= 0.3 is 0 Å². The highest BCUT2D eigenvalue weighted by Gasteiger charge is 2.42. The second-order valence-corrected chi connectivity index (χ2v) is 17.3. The zero-order valence-corrected chi connectivity index (χ0v) is 35.7. The van der Waals surface area contributed by atoms with Crippen LogP contribution in [0.1, 0.15) is 53.1 Å². The quantitative estimate of drug-likeness (QED) is 0.0998. The molecule has 6 N–H and O–H groups in total. The molecular formula is C46H48N6O5S2. The fourth-order valence-corrected chi connectivity index (χ4v) is 9.88. The molecule has 1 unspecified atom stereocenters. The normalized spacial score (nSPS) is 13.8. The molecule has 59 heavy (non-hydrogen) atoms. The third kappa shape index (κ3) is 7.20. The number of H-pyrrole nitrogens is 2. The molecule has 9 rings (SSSR count). The zero-order chi connectivity index (χ0) is 41.6. The summed E-state index contributed by atoms with van der Waals surface area (Å²) in [7, 11) is 4.95. The summed E-state index contributed by atoms with van der Waals surface area (Å²) in [5.74, 6) is 1.40. The molecule has 1 aliphatic carbocycles. The summed E-state index contributed by atoms with van der Waals surface area (Å²) in [6.45, 7) is 7.78. The molecule has 1 atom stereocenters. The molecule has 1 fully saturated rings. The monoisotopic (exact) mass is 828 g/mol. The van der Waals surface area contributed by atoms with Crippen molar-refractivity contribution in [2.75, 3.05) is 41.0 Å². The van der Waals surface area contributed by atoms with E-state index in [4.69, 9.17) is 25.7 Å². The van der Waals surface area contributed by atoms with Gasteiger partial charge in [0, 0.05) is 51.9 Å². The van der Waals surface area contributed by atoms with Crippen LogP contribution in [0.3, 0.4) is 0 Å². The minimum atomic E-state index is -0.0932. The highest BCUT2D eigenvalue weighted by Crippen LogP contribution is 2.48. The van der Waals surface area contributed by atoms with Crippen molar-refractivity contribution in [3.05, 3.63) is 114 Å². The minimum absolute atomic E-state index is 0.0764. The number of nitrogens with two attached hydrogens (primary N) is 2. The van der Waals surface area contributed by atoms with Gasteiger partial charge in [0.25, 0.3) is 11.1 Å². The summed E-state index contributed by atoms with van der Waals surface area (Å²) in [5.41, 5.74) is 21.1. The molecule has 11 nitrogen and oxygen atoms in total. The third-order valence-corrected chi connectivity index (χ3v) is 13.8. The number of nitrogens with zero attached hydrogens (tertiary/aromatic N) is 2. The largest absolute Gasteiger partial charge is 0.481 e. The lowest BCUT2D eigenvalue weighted by molar-refractivity contribution is 0.203. The van der Waals surface area contributed by atoms with Gasteiger partial charge in [-0.1, -0.05) is 55.5 Å². The van der Waals surface area contributed by atoms with E-state index in [9.17, 15) is 9.59 Å². The number of hydrogen-bond donors (Lipinski definition) is 4. The van der Waals surface area contributed by atoms with Crippen molar-refractivity contribution >= 4 is 64.7 Å². The molecule has 304 valence electrons. The summed E-state index contributed by atoms with van der Waals surface area (Å²) in [5, 5.41) is 5.75. The molecule has 0 bridgehead atoms. The van der Waals surface area contributed by atoms with Crippen LogP contribution in [-0.2, 0) is 16.6 Å². The summed E-state index contributed by atoms with van der Waals surface area (Å²) in [6.07, 6.45) is 3.06. The average Bonchev–Trinajstić information content (AvgIpc) is 3.66. The number of methoxy groups -OCH3 is 3. The van der Waals surface area contributed by atoms with Crippen molar-refractivity contribution in [2.45, 2.75) is 51.4 Å². The van der Waals surface area contributed by atoms with E-state index in [-0.39, 0.29) is 22.5 Å². The van der Waals surface area contributed by atoms with Gasteiger partial charge in [0.1, 0.15) is 9.40 Å². The fourth-order valence-electron chi connectivity index (χ4n) is 8.04. The van der Waals surface area contributed by atoms with Crippen LogP contribution in [0.15, 0.2) is 75.6 Å². The number of pyridine rings is 4. The Morgan fingerprint density at radius 1 is 0.780 bits per heavy atom. The number of thiophene rings is 2. The van der Waals surface area contributed by atoms with Crippen molar-refractivity contribution < 1.29 is 14.2 Å². The van der Waals surface area contributed by atoms with E-state index in [1.165, 1.54) is 33.8 Å². The Hall–Kier alpha value is -5.44. The van der Waals surface area contributed by atoms with Crippen molar-refractivity contribution in [3.8, 4) is 34.0 Å². The Labute approximate surface area is 349 Å². The smallest absolute Gasteiger partial charge is 0.266 e. The van der Waals surface area contributed by atoms with Gasteiger partial charge in [-0.05, 0) is 78.9 Å². The van der Waals surface area contributed by atoms with E-state index in [2.05, 4.69) is 81.5 Å². The molecule has 0 aliphatic heterocycles. The number of aromatic nitrogens is 4. The molecule has 6 heterocycles. The molecule has 1 saturated carbocycles. The van der Waals surface area contributed by atoms with Crippen molar-refractivity contribution in [1.82, 2.24) is 19.9 Å². The lowest BCUT2D eigenvalue weighted by Crippen LogP contribution is -2.19. The first kappa shape index (κ1) is 40.3. The summed E-state index contributed by atoms with van der Waals surface area (Å²) < 4.78 is 18.0. The average molecular weight is 829 g/mol. The van der Waals surface area contributed by atoms with Gasteiger partial charge < -0.3 is 35.6 Å². The lowest BCUT2D eigenvalue weighted by Gasteiger charge is -2.16. The molecular weight excluding hydrogens is 781 g/mol. The molecule has 6 aromatic heterocycles. The van der Waals surface area contributed by atoms with E-state index in [1.54, 1.807) is 21.3 Å². The van der Waals surface area contributed by atoms with Crippen LogP contribution in [0.25, 0.3) is 64.2 Å². The highest BCUT2D eigenvalue weighted by atomic mass is 32.1. The lowest BCUT2D eigenvalue weighted by atomic mass is 9.92. The predicted octanol–water partition coefficient (Wildman–Crippen LogP) is 8.49. The second kappa shape index (κ2) is 16.3. The summed E-state index contributed by atoms with van der Waals surface area (Å²) in [4.78, 5) is 41.8. The van der Waals surface area contributed by atoms with Gasteiger partial charge in [0.15, 0.2) is 0 Å². The summed E-state index contributed by atoms with van der Waals surface area (Å²) in [6, 6.07) is 21.0. The topological polar surface area (TPSA) is 171 Å². The van der Waals surface area contributed by atoms with Crippen LogP contribution in [0.4, 0.5) is 0 Å². The number of aromatic amines is 2. The Balaban J connectivity index is 0.000000165. The number of benzene rings is 2. The van der Waals surface area contributed by atoms with Crippen LogP contribution in [-0.4, -0.2) is 61.0 Å². The maximum Gasteiger partial charge on any atom is 0.266 e. The van der Waals surface area contributed by atoms with Crippen molar-refractivity contribution in [2.24, 2.45) is 11.5 Å². The van der Waals surface area contributed by atoms with E-state index in [1.807, 2.05) is 25.3 Å². The van der Waals surface area contributed by atoms with Crippen LogP contribution in [0.5, 0.6) is 11.8 Å². The molecule has 8 aromatic rings. The van der Waals surface area contributed by atoms with Gasteiger partial charge in [-0.15, -0.1) is 22.7 Å². The third-order valence-electron chi connectivity index (χ3n) is 11.7. The Morgan fingerprint density at radius 3 is 1.86 bits per heavy atom. The highest BCUT2D eigenvalue weighted by molar-refractivity contribution is 7.19. The van der Waals surface area contributed by atoms with Gasteiger partial charge in [-0.2, -0.15) is 0 Å². The van der Waals surface area contributed by atoms with E-state index >= 15 is 0 Å². The number of rotatable bonds is 11. The molecule has 0 spiro atoms.